The highest BCUT2D eigenvalue weighted by atomic mass is 35.5. The van der Waals surface area contributed by atoms with Gasteiger partial charge in [0.25, 0.3) is 0 Å². The maximum Gasteiger partial charge on any atom is 0.127 e. The zero-order chi connectivity index (χ0) is 15.2. The number of hydrogen-bond donors (Lipinski definition) is 1. The van der Waals surface area contributed by atoms with Gasteiger partial charge in [0, 0.05) is 11.4 Å². The molecule has 1 aliphatic carbocycles. The molecule has 1 aromatic carbocycles. The van der Waals surface area contributed by atoms with E-state index in [1.165, 1.54) is 6.07 Å². The van der Waals surface area contributed by atoms with Gasteiger partial charge in [0.1, 0.15) is 5.82 Å². The number of benzene rings is 1. The molecule has 0 amide bonds. The van der Waals surface area contributed by atoms with Crippen molar-refractivity contribution in [1.82, 2.24) is 0 Å². The van der Waals surface area contributed by atoms with Crippen LogP contribution in [0, 0.1) is 16.6 Å². The molecule has 1 fully saturated rings. The molecule has 1 N–H and O–H groups in total. The molecule has 0 spiro atoms. The SMILES string of the molecule is CC1(C)CC(C)(C)CC(O)(Cc2ccc(Cl)cc2F)C1. The maximum atomic E-state index is 14.0. The van der Waals surface area contributed by atoms with Gasteiger partial charge >= 0.3 is 0 Å². The fraction of sp³-hybridized carbons (Fsp3) is 0.647. The predicted octanol–water partition coefficient (Wildman–Crippen LogP) is 4.99. The molecule has 1 saturated carbocycles. The summed E-state index contributed by atoms with van der Waals surface area (Å²) in [5, 5.41) is 11.4. The smallest absolute Gasteiger partial charge is 0.127 e. The average molecular weight is 299 g/mol. The van der Waals surface area contributed by atoms with Crippen molar-refractivity contribution in [3.8, 4) is 0 Å². The Hall–Kier alpha value is -0.600. The highest BCUT2D eigenvalue weighted by molar-refractivity contribution is 6.30. The van der Waals surface area contributed by atoms with E-state index in [1.54, 1.807) is 12.1 Å². The Morgan fingerprint density at radius 1 is 1.10 bits per heavy atom. The van der Waals surface area contributed by atoms with Crippen molar-refractivity contribution < 1.29 is 9.50 Å². The van der Waals surface area contributed by atoms with Gasteiger partial charge in [0.15, 0.2) is 0 Å². The molecule has 0 bridgehead atoms. The molecule has 0 saturated heterocycles. The molecular weight excluding hydrogens is 275 g/mol. The quantitative estimate of drug-likeness (QED) is 0.815. The van der Waals surface area contributed by atoms with E-state index in [1.807, 2.05) is 0 Å². The van der Waals surface area contributed by atoms with Crippen molar-refractivity contribution >= 4 is 11.6 Å². The van der Waals surface area contributed by atoms with Gasteiger partial charge in [-0.05, 0) is 47.8 Å². The number of halogens is 2. The molecule has 0 unspecified atom stereocenters. The fourth-order valence-electron chi connectivity index (χ4n) is 4.41. The van der Waals surface area contributed by atoms with E-state index in [2.05, 4.69) is 27.7 Å². The van der Waals surface area contributed by atoms with Crippen LogP contribution in [0.4, 0.5) is 4.39 Å². The second-order valence-corrected chi connectivity index (χ2v) is 8.43. The molecule has 0 radical (unpaired) electrons. The van der Waals surface area contributed by atoms with Crippen LogP contribution in [0.3, 0.4) is 0 Å². The highest BCUT2D eigenvalue weighted by Crippen LogP contribution is 2.51. The third-order valence-corrected chi connectivity index (χ3v) is 4.34. The first kappa shape index (κ1) is 15.8. The third kappa shape index (κ3) is 3.73. The van der Waals surface area contributed by atoms with Gasteiger partial charge in [-0.25, -0.2) is 4.39 Å². The van der Waals surface area contributed by atoms with Crippen molar-refractivity contribution in [2.75, 3.05) is 0 Å². The van der Waals surface area contributed by atoms with Gasteiger partial charge in [-0.3, -0.25) is 0 Å². The first-order valence-electron chi connectivity index (χ1n) is 7.17. The predicted molar refractivity (Wildman–Crippen MR) is 81.5 cm³/mol. The lowest BCUT2D eigenvalue weighted by Crippen LogP contribution is -2.47. The Kier molecular flexibility index (Phi) is 3.94. The molecule has 1 nitrogen and oxygen atoms in total. The van der Waals surface area contributed by atoms with Gasteiger partial charge in [-0.15, -0.1) is 0 Å². The van der Waals surface area contributed by atoms with E-state index >= 15 is 0 Å². The van der Waals surface area contributed by atoms with Crippen molar-refractivity contribution in [2.24, 2.45) is 10.8 Å². The Balaban J connectivity index is 2.26. The van der Waals surface area contributed by atoms with Crippen LogP contribution in [0.5, 0.6) is 0 Å². The van der Waals surface area contributed by atoms with E-state index < -0.39 is 5.60 Å². The Bertz CT molecular complexity index is 492. The van der Waals surface area contributed by atoms with E-state index in [4.69, 9.17) is 11.6 Å². The van der Waals surface area contributed by atoms with E-state index in [9.17, 15) is 9.50 Å². The second-order valence-electron chi connectivity index (χ2n) is 8.00. The van der Waals surface area contributed by atoms with E-state index in [0.717, 1.165) is 6.42 Å². The molecule has 0 aromatic heterocycles. The van der Waals surface area contributed by atoms with E-state index in [0.29, 0.717) is 29.8 Å². The summed E-state index contributed by atoms with van der Waals surface area (Å²) >= 11 is 5.78. The van der Waals surface area contributed by atoms with Crippen molar-refractivity contribution in [2.45, 2.75) is 59.0 Å². The van der Waals surface area contributed by atoms with E-state index in [-0.39, 0.29) is 16.6 Å². The molecular formula is C17H24ClFO. The third-order valence-electron chi connectivity index (χ3n) is 4.11. The lowest BCUT2D eigenvalue weighted by atomic mass is 9.58. The lowest BCUT2D eigenvalue weighted by Gasteiger charge is -2.49. The standard InChI is InChI=1S/C17H24ClFO/c1-15(2)9-16(3,4)11-17(20,10-15)8-12-5-6-13(18)7-14(12)19/h5-7,20H,8-11H2,1-4H3. The first-order valence-corrected chi connectivity index (χ1v) is 7.55. The van der Waals surface area contributed by atoms with Crippen LogP contribution in [0.1, 0.15) is 52.5 Å². The number of aliphatic hydroxyl groups is 1. The highest BCUT2D eigenvalue weighted by Gasteiger charge is 2.46. The summed E-state index contributed by atoms with van der Waals surface area (Å²) in [5.74, 6) is -0.327. The zero-order valence-electron chi connectivity index (χ0n) is 12.8. The summed E-state index contributed by atoms with van der Waals surface area (Å²) in [6.07, 6.45) is 2.82. The van der Waals surface area contributed by atoms with Gasteiger partial charge in [-0.1, -0.05) is 45.4 Å². The van der Waals surface area contributed by atoms with Crippen molar-refractivity contribution in [3.63, 3.8) is 0 Å². The molecule has 112 valence electrons. The van der Waals surface area contributed by atoms with Crippen LogP contribution in [0.15, 0.2) is 18.2 Å². The monoisotopic (exact) mass is 298 g/mol. The van der Waals surface area contributed by atoms with Gasteiger partial charge in [0.2, 0.25) is 0 Å². The maximum absolute atomic E-state index is 14.0. The molecule has 0 aliphatic heterocycles. The second kappa shape index (κ2) is 4.99. The van der Waals surface area contributed by atoms with Gasteiger partial charge in [0.05, 0.1) is 5.60 Å². The summed E-state index contributed by atoms with van der Waals surface area (Å²) in [5.41, 5.74) is -0.163. The molecule has 3 heteroatoms. The van der Waals surface area contributed by atoms with Gasteiger partial charge in [-0.2, -0.15) is 0 Å². The fourth-order valence-corrected chi connectivity index (χ4v) is 4.57. The summed E-state index contributed by atoms with van der Waals surface area (Å²) in [6, 6.07) is 4.69. The Morgan fingerprint density at radius 3 is 2.15 bits per heavy atom. The molecule has 0 atom stereocenters. The minimum atomic E-state index is -0.847. The summed E-state index contributed by atoms with van der Waals surface area (Å²) in [6.45, 7) is 8.71. The van der Waals surface area contributed by atoms with Crippen molar-refractivity contribution in [3.05, 3.63) is 34.6 Å². The number of rotatable bonds is 2. The summed E-state index contributed by atoms with van der Waals surface area (Å²) < 4.78 is 14.0. The number of hydrogen-bond acceptors (Lipinski definition) is 1. The molecule has 20 heavy (non-hydrogen) atoms. The average Bonchev–Trinajstić information content (AvgIpc) is 2.16. The Labute approximate surface area is 126 Å². The molecule has 1 aliphatic rings. The molecule has 0 heterocycles. The van der Waals surface area contributed by atoms with Crippen LogP contribution < -0.4 is 0 Å². The molecule has 2 rings (SSSR count). The van der Waals surface area contributed by atoms with Crippen LogP contribution in [-0.2, 0) is 6.42 Å². The summed E-state index contributed by atoms with van der Waals surface area (Å²) in [7, 11) is 0. The molecule has 1 aromatic rings. The van der Waals surface area contributed by atoms with Crippen LogP contribution in [-0.4, -0.2) is 10.7 Å². The topological polar surface area (TPSA) is 20.2 Å². The largest absolute Gasteiger partial charge is 0.390 e. The van der Waals surface area contributed by atoms with Gasteiger partial charge < -0.3 is 5.11 Å². The van der Waals surface area contributed by atoms with Crippen LogP contribution >= 0.6 is 11.6 Å². The normalized spacial score (nSPS) is 23.6. The minimum Gasteiger partial charge on any atom is -0.390 e. The lowest BCUT2D eigenvalue weighted by molar-refractivity contribution is -0.0854. The zero-order valence-corrected chi connectivity index (χ0v) is 13.5. The van der Waals surface area contributed by atoms with Crippen molar-refractivity contribution in [1.29, 1.82) is 0 Å². The minimum absolute atomic E-state index is 0.0689. The Morgan fingerprint density at radius 2 is 1.65 bits per heavy atom. The first-order chi connectivity index (χ1) is 9.00. The van der Waals surface area contributed by atoms with Crippen LogP contribution in [0.25, 0.3) is 0 Å². The summed E-state index contributed by atoms with van der Waals surface area (Å²) in [4.78, 5) is 0. The van der Waals surface area contributed by atoms with Crippen LogP contribution in [0.2, 0.25) is 5.02 Å².